The standard InChI is InChI=1S/C5H11IN2/c6-4-8-2-1-5(7)3-8/h5H,1-4,7H2. The van der Waals surface area contributed by atoms with E-state index in [1.165, 1.54) is 13.0 Å². The molecule has 0 aromatic rings. The van der Waals surface area contributed by atoms with Gasteiger partial charge in [0.25, 0.3) is 0 Å². The van der Waals surface area contributed by atoms with E-state index < -0.39 is 0 Å². The number of hydrogen-bond acceptors (Lipinski definition) is 2. The molecule has 3 heteroatoms. The van der Waals surface area contributed by atoms with Gasteiger partial charge in [0.1, 0.15) is 0 Å². The van der Waals surface area contributed by atoms with Gasteiger partial charge in [0, 0.05) is 19.1 Å². The summed E-state index contributed by atoms with van der Waals surface area (Å²) in [6, 6.07) is 0.449. The molecule has 1 heterocycles. The Kier molecular flexibility index (Phi) is 2.52. The first-order valence-corrected chi connectivity index (χ1v) is 4.39. The molecule has 0 saturated carbocycles. The number of hydrogen-bond donors (Lipinski definition) is 1. The molecule has 1 fully saturated rings. The van der Waals surface area contributed by atoms with E-state index in [2.05, 4.69) is 27.5 Å². The molecule has 1 saturated heterocycles. The van der Waals surface area contributed by atoms with Gasteiger partial charge in [-0.1, -0.05) is 22.6 Å². The van der Waals surface area contributed by atoms with Crippen molar-refractivity contribution in [1.29, 1.82) is 0 Å². The van der Waals surface area contributed by atoms with Crippen molar-refractivity contribution in [3.05, 3.63) is 0 Å². The van der Waals surface area contributed by atoms with E-state index in [1.54, 1.807) is 0 Å². The molecule has 48 valence electrons. The van der Waals surface area contributed by atoms with Gasteiger partial charge in [-0.3, -0.25) is 4.90 Å². The predicted octanol–water partition coefficient (Wildman–Crippen LogP) is 0.412. The number of alkyl halides is 1. The van der Waals surface area contributed by atoms with E-state index in [1.807, 2.05) is 0 Å². The van der Waals surface area contributed by atoms with E-state index >= 15 is 0 Å². The zero-order valence-corrected chi connectivity index (χ0v) is 6.97. The normalized spacial score (nSPS) is 31.5. The Bertz CT molecular complexity index is 76.8. The molecule has 1 aliphatic heterocycles. The van der Waals surface area contributed by atoms with Gasteiger partial charge < -0.3 is 5.73 Å². The Hall–Kier alpha value is 0.650. The zero-order chi connectivity index (χ0) is 5.98. The second-order valence-corrected chi connectivity index (χ2v) is 2.93. The Morgan fingerprint density at radius 3 is 2.75 bits per heavy atom. The molecular weight excluding hydrogens is 215 g/mol. The maximum Gasteiger partial charge on any atom is 0.0506 e. The first-order valence-electron chi connectivity index (χ1n) is 2.87. The summed E-state index contributed by atoms with van der Waals surface area (Å²) in [4.78, 5) is 2.37. The molecule has 1 unspecified atom stereocenters. The van der Waals surface area contributed by atoms with Gasteiger partial charge in [0.15, 0.2) is 0 Å². The minimum atomic E-state index is 0.449. The van der Waals surface area contributed by atoms with Crippen LogP contribution >= 0.6 is 22.6 Å². The van der Waals surface area contributed by atoms with Crippen molar-refractivity contribution < 1.29 is 0 Å². The van der Waals surface area contributed by atoms with Gasteiger partial charge in [0.05, 0.1) is 4.55 Å². The lowest BCUT2D eigenvalue weighted by Crippen LogP contribution is -2.25. The van der Waals surface area contributed by atoms with Crippen LogP contribution < -0.4 is 5.73 Å². The monoisotopic (exact) mass is 226 g/mol. The van der Waals surface area contributed by atoms with Crippen molar-refractivity contribution in [3.63, 3.8) is 0 Å². The minimum Gasteiger partial charge on any atom is -0.326 e. The van der Waals surface area contributed by atoms with Gasteiger partial charge in [-0.15, -0.1) is 0 Å². The van der Waals surface area contributed by atoms with Crippen LogP contribution in [-0.4, -0.2) is 28.6 Å². The molecule has 1 aliphatic rings. The van der Waals surface area contributed by atoms with Crippen LogP contribution in [0.25, 0.3) is 0 Å². The summed E-state index contributed by atoms with van der Waals surface area (Å²) in [6.45, 7) is 2.30. The summed E-state index contributed by atoms with van der Waals surface area (Å²) in [6.07, 6.45) is 1.18. The Balaban J connectivity index is 2.22. The van der Waals surface area contributed by atoms with Crippen molar-refractivity contribution in [1.82, 2.24) is 4.90 Å². The lowest BCUT2D eigenvalue weighted by molar-refractivity contribution is 0.403. The van der Waals surface area contributed by atoms with Gasteiger partial charge in [-0.25, -0.2) is 0 Å². The summed E-state index contributed by atoms with van der Waals surface area (Å²) in [5.74, 6) is 0. The molecular formula is C5H11IN2. The number of halogens is 1. The first-order chi connectivity index (χ1) is 3.83. The maximum absolute atomic E-state index is 5.66. The van der Waals surface area contributed by atoms with E-state index in [9.17, 15) is 0 Å². The topological polar surface area (TPSA) is 29.3 Å². The van der Waals surface area contributed by atoms with Crippen LogP contribution in [0.3, 0.4) is 0 Å². The molecule has 8 heavy (non-hydrogen) atoms. The molecule has 2 nitrogen and oxygen atoms in total. The van der Waals surface area contributed by atoms with Crippen molar-refractivity contribution in [2.45, 2.75) is 12.5 Å². The van der Waals surface area contributed by atoms with E-state index in [0.29, 0.717) is 6.04 Å². The molecule has 0 radical (unpaired) electrons. The van der Waals surface area contributed by atoms with Crippen LogP contribution in [0.4, 0.5) is 0 Å². The molecule has 0 aliphatic carbocycles. The number of nitrogens with two attached hydrogens (primary N) is 1. The molecule has 0 bridgehead atoms. The van der Waals surface area contributed by atoms with Gasteiger partial charge >= 0.3 is 0 Å². The third kappa shape index (κ3) is 1.56. The molecule has 1 atom stereocenters. The smallest absolute Gasteiger partial charge is 0.0506 e. The number of likely N-dealkylation sites (tertiary alicyclic amines) is 1. The highest BCUT2D eigenvalue weighted by Gasteiger charge is 2.16. The van der Waals surface area contributed by atoms with E-state index in [0.717, 1.165) is 11.1 Å². The summed E-state index contributed by atoms with van der Waals surface area (Å²) < 4.78 is 1.13. The quantitative estimate of drug-likeness (QED) is 0.398. The molecule has 0 aromatic carbocycles. The lowest BCUT2D eigenvalue weighted by atomic mass is 10.3. The fourth-order valence-corrected chi connectivity index (χ4v) is 1.59. The highest BCUT2D eigenvalue weighted by Crippen LogP contribution is 2.07. The van der Waals surface area contributed by atoms with Gasteiger partial charge in [-0.05, 0) is 6.42 Å². The second kappa shape index (κ2) is 2.98. The molecule has 0 amide bonds. The van der Waals surface area contributed by atoms with Crippen LogP contribution in [0, 0.1) is 0 Å². The average Bonchev–Trinajstić information content (AvgIpc) is 2.14. The Morgan fingerprint density at radius 2 is 2.50 bits per heavy atom. The van der Waals surface area contributed by atoms with Crippen molar-refractivity contribution >= 4 is 22.6 Å². The Morgan fingerprint density at radius 1 is 1.75 bits per heavy atom. The highest BCUT2D eigenvalue weighted by atomic mass is 127. The van der Waals surface area contributed by atoms with Crippen LogP contribution in [-0.2, 0) is 0 Å². The largest absolute Gasteiger partial charge is 0.326 e. The predicted molar refractivity (Wildman–Crippen MR) is 43.1 cm³/mol. The van der Waals surface area contributed by atoms with Gasteiger partial charge in [-0.2, -0.15) is 0 Å². The average molecular weight is 226 g/mol. The van der Waals surface area contributed by atoms with Crippen LogP contribution in [0.1, 0.15) is 6.42 Å². The number of nitrogens with zero attached hydrogens (tertiary/aromatic N) is 1. The maximum atomic E-state index is 5.66. The zero-order valence-electron chi connectivity index (χ0n) is 4.81. The van der Waals surface area contributed by atoms with Crippen molar-refractivity contribution in [2.75, 3.05) is 17.6 Å². The summed E-state index contributed by atoms with van der Waals surface area (Å²) in [7, 11) is 0. The van der Waals surface area contributed by atoms with Crippen LogP contribution in [0.2, 0.25) is 0 Å². The van der Waals surface area contributed by atoms with Crippen molar-refractivity contribution in [2.24, 2.45) is 5.73 Å². The van der Waals surface area contributed by atoms with E-state index in [-0.39, 0.29) is 0 Å². The summed E-state index contributed by atoms with van der Waals surface area (Å²) in [5, 5.41) is 0. The molecule has 1 rings (SSSR count). The fourth-order valence-electron chi connectivity index (χ4n) is 0.971. The Labute approximate surface area is 63.6 Å². The third-order valence-corrected chi connectivity index (χ3v) is 2.44. The first kappa shape index (κ1) is 6.77. The second-order valence-electron chi connectivity index (χ2n) is 2.25. The molecule has 2 N–H and O–H groups in total. The summed E-state index contributed by atoms with van der Waals surface area (Å²) in [5.41, 5.74) is 5.66. The summed E-state index contributed by atoms with van der Waals surface area (Å²) >= 11 is 2.37. The molecule has 0 spiro atoms. The van der Waals surface area contributed by atoms with Gasteiger partial charge in [0.2, 0.25) is 0 Å². The molecule has 0 aromatic heterocycles. The van der Waals surface area contributed by atoms with Crippen molar-refractivity contribution in [3.8, 4) is 0 Å². The van der Waals surface area contributed by atoms with Crippen LogP contribution in [0.5, 0.6) is 0 Å². The highest BCUT2D eigenvalue weighted by molar-refractivity contribution is 14.1. The number of rotatable bonds is 1. The van der Waals surface area contributed by atoms with Crippen LogP contribution in [0.15, 0.2) is 0 Å². The van der Waals surface area contributed by atoms with E-state index in [4.69, 9.17) is 5.73 Å². The minimum absolute atomic E-state index is 0.449. The lowest BCUT2D eigenvalue weighted by Gasteiger charge is -2.08. The fraction of sp³-hybridized carbons (Fsp3) is 1.00. The SMILES string of the molecule is NC1CCN(CI)C1. The third-order valence-electron chi connectivity index (χ3n) is 1.48.